The Kier molecular flexibility index (Phi) is 6.46. The lowest BCUT2D eigenvalue weighted by molar-refractivity contribution is -0.386. The predicted molar refractivity (Wildman–Crippen MR) is 119 cm³/mol. The topological polar surface area (TPSA) is 119 Å². The molecule has 0 N–H and O–H groups in total. The highest BCUT2D eigenvalue weighted by Gasteiger charge is 2.35. The molecule has 0 spiro atoms. The number of halogens is 1. The number of carbonyl (C=O) groups is 1. The molecular weight excluding hydrogens is 474 g/mol. The average Bonchev–Trinajstić information content (AvgIpc) is 2.82. The van der Waals surface area contributed by atoms with Crippen LogP contribution in [0.3, 0.4) is 0 Å². The van der Waals surface area contributed by atoms with Crippen LogP contribution >= 0.6 is 11.6 Å². The number of amides is 1. The van der Waals surface area contributed by atoms with Crippen molar-refractivity contribution in [2.45, 2.75) is 11.3 Å². The Morgan fingerprint density at radius 3 is 2.58 bits per heavy atom. The highest BCUT2D eigenvalue weighted by Crippen LogP contribution is 2.32. The van der Waals surface area contributed by atoms with E-state index < -0.39 is 20.6 Å². The molecule has 1 unspecified atom stereocenters. The van der Waals surface area contributed by atoms with Gasteiger partial charge in [-0.3, -0.25) is 14.9 Å². The maximum Gasteiger partial charge on any atom is 0.312 e. The van der Waals surface area contributed by atoms with Crippen LogP contribution < -0.4 is 9.47 Å². The third-order valence-electron chi connectivity index (χ3n) is 5.81. The van der Waals surface area contributed by atoms with Crippen LogP contribution in [0.5, 0.6) is 11.5 Å². The van der Waals surface area contributed by atoms with E-state index in [4.69, 9.17) is 21.1 Å². The third-order valence-corrected chi connectivity index (χ3v) is 7.94. The molecule has 176 valence electrons. The van der Waals surface area contributed by atoms with Gasteiger partial charge in [0.2, 0.25) is 15.9 Å². The van der Waals surface area contributed by atoms with Gasteiger partial charge in [-0.1, -0.05) is 11.6 Å². The van der Waals surface area contributed by atoms with Crippen LogP contribution in [0.4, 0.5) is 5.69 Å². The molecule has 2 aliphatic rings. The lowest BCUT2D eigenvalue weighted by Gasteiger charge is -2.36. The lowest BCUT2D eigenvalue weighted by atomic mass is 9.95. The molecule has 0 bridgehead atoms. The fourth-order valence-corrected chi connectivity index (χ4v) is 5.69. The molecule has 0 aliphatic carbocycles. The molecule has 1 saturated heterocycles. The summed E-state index contributed by atoms with van der Waals surface area (Å²) >= 11 is 6.05. The summed E-state index contributed by atoms with van der Waals surface area (Å²) < 4.78 is 37.9. The Hall–Kier alpha value is -2.89. The van der Waals surface area contributed by atoms with E-state index in [2.05, 4.69) is 0 Å². The molecule has 1 atom stereocenters. The molecular formula is C21H22ClN3O7S. The average molecular weight is 496 g/mol. The van der Waals surface area contributed by atoms with Gasteiger partial charge in [0.1, 0.15) is 12.4 Å². The van der Waals surface area contributed by atoms with Crippen LogP contribution in [0, 0.1) is 16.0 Å². The zero-order chi connectivity index (χ0) is 23.8. The first-order valence-electron chi connectivity index (χ1n) is 10.2. The molecule has 10 nitrogen and oxygen atoms in total. The number of piperazine rings is 1. The van der Waals surface area contributed by atoms with Crippen LogP contribution in [0.25, 0.3) is 0 Å². The summed E-state index contributed by atoms with van der Waals surface area (Å²) in [5.41, 5.74) is 0.444. The van der Waals surface area contributed by atoms with E-state index in [9.17, 15) is 23.3 Å². The summed E-state index contributed by atoms with van der Waals surface area (Å²) in [5, 5.41) is 11.8. The largest absolute Gasteiger partial charge is 0.492 e. The molecule has 0 saturated carbocycles. The second kappa shape index (κ2) is 9.16. The highest BCUT2D eigenvalue weighted by molar-refractivity contribution is 7.89. The van der Waals surface area contributed by atoms with E-state index in [0.717, 1.165) is 11.6 Å². The van der Waals surface area contributed by atoms with Crippen molar-refractivity contribution in [3.63, 3.8) is 0 Å². The van der Waals surface area contributed by atoms with Gasteiger partial charge in [0, 0.05) is 37.3 Å². The second-order valence-corrected chi connectivity index (χ2v) is 10.2. The maximum absolute atomic E-state index is 13.0. The smallest absolute Gasteiger partial charge is 0.312 e. The van der Waals surface area contributed by atoms with E-state index in [1.165, 1.54) is 23.5 Å². The number of hydrogen-bond acceptors (Lipinski definition) is 7. The summed E-state index contributed by atoms with van der Waals surface area (Å²) in [6.45, 7) is 0.861. The van der Waals surface area contributed by atoms with Crippen LogP contribution in [-0.2, 0) is 21.2 Å². The minimum Gasteiger partial charge on any atom is -0.492 e. The number of methoxy groups -OCH3 is 1. The van der Waals surface area contributed by atoms with Gasteiger partial charge in [-0.15, -0.1) is 0 Å². The van der Waals surface area contributed by atoms with Gasteiger partial charge in [-0.25, -0.2) is 8.42 Å². The minimum atomic E-state index is -3.97. The van der Waals surface area contributed by atoms with E-state index in [0.29, 0.717) is 17.2 Å². The van der Waals surface area contributed by atoms with Crippen molar-refractivity contribution in [2.75, 3.05) is 39.9 Å². The molecule has 2 aromatic rings. The van der Waals surface area contributed by atoms with Gasteiger partial charge in [-0.05, 0) is 42.3 Å². The predicted octanol–water partition coefficient (Wildman–Crippen LogP) is 2.34. The Labute approximate surface area is 195 Å². The van der Waals surface area contributed by atoms with E-state index in [1.807, 2.05) is 0 Å². The van der Waals surface area contributed by atoms with Gasteiger partial charge in [0.25, 0.3) is 0 Å². The summed E-state index contributed by atoms with van der Waals surface area (Å²) in [6.07, 6.45) is 0.503. The van der Waals surface area contributed by atoms with Crippen LogP contribution in [-0.4, -0.2) is 68.3 Å². The number of hydrogen-bond donors (Lipinski definition) is 0. The Morgan fingerprint density at radius 2 is 1.91 bits per heavy atom. The zero-order valence-electron chi connectivity index (χ0n) is 17.8. The zero-order valence-corrected chi connectivity index (χ0v) is 19.3. The number of sulfonamides is 1. The molecule has 2 heterocycles. The fraction of sp³-hybridized carbons (Fsp3) is 0.381. The second-order valence-electron chi connectivity index (χ2n) is 7.78. The molecule has 0 radical (unpaired) electrons. The van der Waals surface area contributed by atoms with Crippen molar-refractivity contribution in [3.8, 4) is 11.5 Å². The van der Waals surface area contributed by atoms with Crippen molar-refractivity contribution >= 4 is 33.2 Å². The number of rotatable bonds is 5. The van der Waals surface area contributed by atoms with Crippen LogP contribution in [0.2, 0.25) is 5.02 Å². The first-order valence-corrected chi connectivity index (χ1v) is 12.0. The highest BCUT2D eigenvalue weighted by atomic mass is 35.5. The SMILES string of the molecule is COc1ccc(S(=O)(=O)N2CCN(C(=O)C3COc4ccc(Cl)cc4C3)CC2)cc1[N+](=O)[O-]. The normalized spacial score (nSPS) is 18.8. The number of nitrogens with zero attached hydrogens (tertiary/aromatic N) is 3. The first-order chi connectivity index (χ1) is 15.7. The van der Waals surface area contributed by atoms with Gasteiger partial charge in [-0.2, -0.15) is 4.31 Å². The molecule has 33 heavy (non-hydrogen) atoms. The number of benzene rings is 2. The maximum atomic E-state index is 13.0. The van der Waals surface area contributed by atoms with E-state index in [1.54, 1.807) is 23.1 Å². The number of carbonyl (C=O) groups excluding carboxylic acids is 1. The molecule has 2 aromatic carbocycles. The Morgan fingerprint density at radius 1 is 1.18 bits per heavy atom. The Balaban J connectivity index is 1.43. The summed E-state index contributed by atoms with van der Waals surface area (Å²) in [5.74, 6) is 0.223. The molecule has 1 amide bonds. The van der Waals surface area contributed by atoms with Crippen LogP contribution in [0.15, 0.2) is 41.3 Å². The number of nitro groups is 1. The molecule has 2 aliphatic heterocycles. The molecule has 1 fully saturated rings. The summed E-state index contributed by atoms with van der Waals surface area (Å²) in [4.78, 5) is 25.0. The summed E-state index contributed by atoms with van der Waals surface area (Å²) in [7, 11) is -2.69. The van der Waals surface area contributed by atoms with Crippen LogP contribution in [0.1, 0.15) is 5.56 Å². The lowest BCUT2D eigenvalue weighted by Crippen LogP contribution is -2.52. The van der Waals surface area contributed by atoms with E-state index in [-0.39, 0.29) is 55.3 Å². The molecule has 0 aromatic heterocycles. The fourth-order valence-electron chi connectivity index (χ4n) is 4.05. The van der Waals surface area contributed by atoms with Gasteiger partial charge in [0.15, 0.2) is 5.75 Å². The quantitative estimate of drug-likeness (QED) is 0.461. The van der Waals surface area contributed by atoms with Gasteiger partial charge >= 0.3 is 5.69 Å². The summed E-state index contributed by atoms with van der Waals surface area (Å²) in [6, 6.07) is 8.84. The van der Waals surface area contributed by atoms with Gasteiger partial charge in [0.05, 0.1) is 22.8 Å². The number of nitro benzene ring substituents is 1. The van der Waals surface area contributed by atoms with Crippen molar-refractivity contribution in [1.29, 1.82) is 0 Å². The molecule has 12 heteroatoms. The number of fused-ring (bicyclic) bond motifs is 1. The third kappa shape index (κ3) is 4.61. The van der Waals surface area contributed by atoms with Crippen molar-refractivity contribution in [3.05, 3.63) is 57.1 Å². The number of ether oxygens (including phenoxy) is 2. The van der Waals surface area contributed by atoms with Crippen molar-refractivity contribution < 1.29 is 27.6 Å². The standard InChI is InChI=1S/C21H22ClN3O7S/c1-31-20-5-3-17(12-18(20)25(27)28)33(29,30)24-8-6-23(7-9-24)21(26)15-10-14-11-16(22)2-4-19(14)32-13-15/h2-5,11-12,15H,6-10,13H2,1H3. The van der Waals surface area contributed by atoms with Crippen molar-refractivity contribution in [2.24, 2.45) is 5.92 Å². The van der Waals surface area contributed by atoms with Gasteiger partial charge < -0.3 is 14.4 Å². The monoisotopic (exact) mass is 495 g/mol. The van der Waals surface area contributed by atoms with Crippen molar-refractivity contribution in [1.82, 2.24) is 9.21 Å². The Bertz CT molecular complexity index is 1200. The van der Waals surface area contributed by atoms with E-state index >= 15 is 0 Å². The molecule has 4 rings (SSSR count). The minimum absolute atomic E-state index is 0.0214. The first kappa shape index (κ1) is 23.3.